The zero-order chi connectivity index (χ0) is 21.1. The molecule has 1 atom stereocenters. The average molecular weight is 398 g/mol. The third-order valence-electron chi connectivity index (χ3n) is 6.91. The quantitative estimate of drug-likeness (QED) is 0.221. The molecule has 1 unspecified atom stereocenters. The van der Waals surface area contributed by atoms with Gasteiger partial charge in [-0.25, -0.2) is 0 Å². The molecule has 3 N–H and O–H groups in total. The summed E-state index contributed by atoms with van der Waals surface area (Å²) in [5.74, 6) is 0.767. The zero-order valence-electron chi connectivity index (χ0n) is 20.3. The van der Waals surface area contributed by atoms with Gasteiger partial charge in [-0.05, 0) is 79.2 Å². The maximum Gasteiger partial charge on any atom is 0.0172 e. The summed E-state index contributed by atoms with van der Waals surface area (Å²) in [4.78, 5) is 2.37. The first-order chi connectivity index (χ1) is 13.4. The van der Waals surface area contributed by atoms with Crippen LogP contribution in [0.3, 0.4) is 0 Å². The highest BCUT2D eigenvalue weighted by molar-refractivity contribution is 4.82. The van der Waals surface area contributed by atoms with Crippen LogP contribution in [0.15, 0.2) is 0 Å². The molecule has 0 saturated carbocycles. The van der Waals surface area contributed by atoms with Crippen LogP contribution in [-0.2, 0) is 0 Å². The van der Waals surface area contributed by atoms with E-state index in [-0.39, 0.29) is 0 Å². The monoisotopic (exact) mass is 397 g/mol. The fourth-order valence-electron chi connectivity index (χ4n) is 3.78. The summed E-state index contributed by atoms with van der Waals surface area (Å²) in [6, 6.07) is 0. The van der Waals surface area contributed by atoms with Crippen molar-refractivity contribution in [3.8, 4) is 0 Å². The molecule has 0 heterocycles. The molecule has 170 valence electrons. The van der Waals surface area contributed by atoms with Crippen molar-refractivity contribution < 1.29 is 0 Å². The van der Waals surface area contributed by atoms with Crippen molar-refractivity contribution in [3.05, 3.63) is 0 Å². The van der Waals surface area contributed by atoms with Crippen LogP contribution in [0, 0.1) is 5.92 Å². The van der Waals surface area contributed by atoms with E-state index in [0.717, 1.165) is 12.5 Å². The van der Waals surface area contributed by atoms with E-state index in [1.807, 2.05) is 0 Å². The molecular weight excluding hydrogens is 342 g/mol. The van der Waals surface area contributed by atoms with E-state index in [2.05, 4.69) is 45.1 Å². The number of rotatable bonds is 21. The Morgan fingerprint density at radius 3 is 1.50 bits per heavy atom. The molecule has 0 aliphatic carbocycles. The van der Waals surface area contributed by atoms with Gasteiger partial charge in [-0.1, -0.05) is 77.6 Å². The van der Waals surface area contributed by atoms with E-state index in [9.17, 15) is 0 Å². The first-order valence-electron chi connectivity index (χ1n) is 12.5. The SMILES string of the molecule is CC(CCCCCCCCNCCCCCCCCCCN)C(C)(C)N(C)C. The Labute approximate surface area is 178 Å². The van der Waals surface area contributed by atoms with Gasteiger partial charge in [0.05, 0.1) is 0 Å². The van der Waals surface area contributed by atoms with Crippen LogP contribution in [-0.4, -0.2) is 44.2 Å². The van der Waals surface area contributed by atoms with Crippen molar-refractivity contribution >= 4 is 0 Å². The third kappa shape index (κ3) is 15.8. The second kappa shape index (κ2) is 18.9. The summed E-state index contributed by atoms with van der Waals surface area (Å²) >= 11 is 0. The molecule has 0 radical (unpaired) electrons. The summed E-state index contributed by atoms with van der Waals surface area (Å²) in [7, 11) is 4.41. The zero-order valence-corrected chi connectivity index (χ0v) is 20.3. The molecule has 28 heavy (non-hydrogen) atoms. The fraction of sp³-hybridized carbons (Fsp3) is 1.00. The average Bonchev–Trinajstić information content (AvgIpc) is 2.66. The van der Waals surface area contributed by atoms with Crippen molar-refractivity contribution in [2.24, 2.45) is 11.7 Å². The molecule has 0 aliphatic rings. The Hall–Kier alpha value is -0.120. The molecule has 0 bridgehead atoms. The summed E-state index contributed by atoms with van der Waals surface area (Å²) < 4.78 is 0. The lowest BCUT2D eigenvalue weighted by molar-refractivity contribution is 0.118. The van der Waals surface area contributed by atoms with Crippen molar-refractivity contribution in [2.75, 3.05) is 33.7 Å². The molecule has 3 nitrogen and oxygen atoms in total. The third-order valence-corrected chi connectivity index (χ3v) is 6.91. The van der Waals surface area contributed by atoms with Gasteiger partial charge in [0.15, 0.2) is 0 Å². The molecule has 0 rings (SSSR count). The second-order valence-corrected chi connectivity index (χ2v) is 9.73. The van der Waals surface area contributed by atoms with Gasteiger partial charge in [0, 0.05) is 5.54 Å². The molecule has 0 aromatic carbocycles. The van der Waals surface area contributed by atoms with E-state index >= 15 is 0 Å². The summed E-state index contributed by atoms with van der Waals surface area (Å²) in [5, 5.41) is 3.63. The largest absolute Gasteiger partial charge is 0.330 e. The smallest absolute Gasteiger partial charge is 0.0172 e. The number of nitrogens with zero attached hydrogens (tertiary/aromatic N) is 1. The Morgan fingerprint density at radius 2 is 1.07 bits per heavy atom. The summed E-state index contributed by atoms with van der Waals surface area (Å²) in [6.45, 7) is 10.4. The molecule has 3 heteroatoms. The van der Waals surface area contributed by atoms with Crippen molar-refractivity contribution in [3.63, 3.8) is 0 Å². The van der Waals surface area contributed by atoms with Gasteiger partial charge in [0.1, 0.15) is 0 Å². The normalized spacial score (nSPS) is 13.4. The van der Waals surface area contributed by atoms with Crippen molar-refractivity contribution in [1.29, 1.82) is 0 Å². The summed E-state index contributed by atoms with van der Waals surface area (Å²) in [6.07, 6.45) is 20.6. The molecule has 0 saturated heterocycles. The van der Waals surface area contributed by atoms with E-state index in [4.69, 9.17) is 5.73 Å². The van der Waals surface area contributed by atoms with Crippen LogP contribution >= 0.6 is 0 Å². The van der Waals surface area contributed by atoms with Gasteiger partial charge in [0.25, 0.3) is 0 Å². The van der Waals surface area contributed by atoms with Crippen LogP contribution in [0.5, 0.6) is 0 Å². The van der Waals surface area contributed by atoms with Gasteiger partial charge in [-0.2, -0.15) is 0 Å². The standard InChI is InChI=1S/C25H55N3/c1-24(25(2,3)28(4)5)20-16-12-8-11-15-19-23-27-22-18-14-10-7-6-9-13-17-21-26/h24,27H,6-23,26H2,1-5H3. The van der Waals surface area contributed by atoms with Gasteiger partial charge in [-0.15, -0.1) is 0 Å². The second-order valence-electron chi connectivity index (χ2n) is 9.73. The van der Waals surface area contributed by atoms with E-state index in [1.54, 1.807) is 0 Å². The molecule has 0 aliphatic heterocycles. The predicted molar refractivity (Wildman–Crippen MR) is 128 cm³/mol. The number of hydrogen-bond donors (Lipinski definition) is 2. The minimum atomic E-state index is 0.316. The topological polar surface area (TPSA) is 41.3 Å². The number of unbranched alkanes of at least 4 members (excludes halogenated alkanes) is 12. The minimum Gasteiger partial charge on any atom is -0.330 e. The van der Waals surface area contributed by atoms with Gasteiger partial charge in [0.2, 0.25) is 0 Å². The van der Waals surface area contributed by atoms with Crippen LogP contribution in [0.2, 0.25) is 0 Å². The highest BCUT2D eigenvalue weighted by Gasteiger charge is 2.27. The van der Waals surface area contributed by atoms with Gasteiger partial charge < -0.3 is 16.0 Å². The maximum absolute atomic E-state index is 5.52. The lowest BCUT2D eigenvalue weighted by Crippen LogP contribution is -2.43. The number of nitrogens with one attached hydrogen (secondary N) is 1. The van der Waals surface area contributed by atoms with Crippen LogP contribution in [0.25, 0.3) is 0 Å². The number of nitrogens with two attached hydrogens (primary N) is 1. The van der Waals surface area contributed by atoms with Crippen molar-refractivity contribution in [2.45, 2.75) is 123 Å². The molecule has 0 spiro atoms. The highest BCUT2D eigenvalue weighted by atomic mass is 15.1. The van der Waals surface area contributed by atoms with E-state index in [1.165, 1.54) is 109 Å². The molecule has 0 aromatic heterocycles. The first-order valence-corrected chi connectivity index (χ1v) is 12.5. The molecular formula is C25H55N3. The molecule has 0 amide bonds. The van der Waals surface area contributed by atoms with Gasteiger partial charge >= 0.3 is 0 Å². The lowest BCUT2D eigenvalue weighted by Gasteiger charge is -2.38. The van der Waals surface area contributed by atoms with Crippen molar-refractivity contribution in [1.82, 2.24) is 10.2 Å². The van der Waals surface area contributed by atoms with E-state index in [0.29, 0.717) is 5.54 Å². The highest BCUT2D eigenvalue weighted by Crippen LogP contribution is 2.26. The van der Waals surface area contributed by atoms with Gasteiger partial charge in [-0.3, -0.25) is 0 Å². The Kier molecular flexibility index (Phi) is 18.8. The van der Waals surface area contributed by atoms with Crippen LogP contribution in [0.1, 0.15) is 117 Å². The Morgan fingerprint density at radius 1 is 0.679 bits per heavy atom. The Balaban J connectivity index is 3.22. The molecule has 0 fully saturated rings. The van der Waals surface area contributed by atoms with E-state index < -0.39 is 0 Å². The minimum absolute atomic E-state index is 0.316. The first kappa shape index (κ1) is 27.9. The summed E-state index contributed by atoms with van der Waals surface area (Å²) in [5.41, 5.74) is 5.83. The van der Waals surface area contributed by atoms with Crippen LogP contribution < -0.4 is 11.1 Å². The molecule has 0 aromatic rings. The predicted octanol–water partition coefficient (Wildman–Crippen LogP) is 6.36. The Bertz CT molecular complexity index is 315. The lowest BCUT2D eigenvalue weighted by atomic mass is 9.84. The number of hydrogen-bond acceptors (Lipinski definition) is 3. The fourth-order valence-corrected chi connectivity index (χ4v) is 3.78. The maximum atomic E-state index is 5.52. The van der Waals surface area contributed by atoms with Crippen LogP contribution in [0.4, 0.5) is 0 Å².